The molecular weight excluding hydrogens is 358 g/mol. The predicted molar refractivity (Wildman–Crippen MR) is 120 cm³/mol. The van der Waals surface area contributed by atoms with E-state index in [-0.39, 0.29) is 5.91 Å². The van der Waals surface area contributed by atoms with E-state index in [1.807, 2.05) is 43.3 Å². The highest BCUT2D eigenvalue weighted by Crippen LogP contribution is 2.28. The van der Waals surface area contributed by atoms with Gasteiger partial charge in [-0.25, -0.2) is 0 Å². The molecular formula is C25H25N3O. The number of benzene rings is 2. The number of aryl methyl sites for hydroxylation is 3. The minimum absolute atomic E-state index is 0.0926. The van der Waals surface area contributed by atoms with E-state index in [0.29, 0.717) is 5.57 Å². The van der Waals surface area contributed by atoms with Gasteiger partial charge in [0.05, 0.1) is 17.0 Å². The molecule has 4 nitrogen and oxygen atoms in total. The lowest BCUT2D eigenvalue weighted by Gasteiger charge is -2.13. The average Bonchev–Trinajstić information content (AvgIpc) is 3.13. The number of rotatable bonds is 3. The van der Waals surface area contributed by atoms with Crippen LogP contribution in [0, 0.1) is 27.7 Å². The third kappa shape index (κ3) is 3.31. The smallest absolute Gasteiger partial charge is 0.280 e. The number of para-hydroxylation sites is 1. The number of nitrogens with zero attached hydrogens (tertiary/aromatic N) is 3. The largest absolute Gasteiger partial charge is 0.318 e. The maximum Gasteiger partial charge on any atom is 0.280 e. The van der Waals surface area contributed by atoms with E-state index in [1.165, 1.54) is 21.8 Å². The number of anilines is 1. The molecule has 0 bridgehead atoms. The first kappa shape index (κ1) is 18.9. The van der Waals surface area contributed by atoms with Crippen LogP contribution in [0.25, 0.3) is 11.8 Å². The highest BCUT2D eigenvalue weighted by atomic mass is 16.2. The molecule has 0 saturated carbocycles. The monoisotopic (exact) mass is 383 g/mol. The summed E-state index contributed by atoms with van der Waals surface area (Å²) in [6.07, 6.45) is 1.96. The molecule has 0 saturated heterocycles. The van der Waals surface area contributed by atoms with Crippen LogP contribution in [0.2, 0.25) is 0 Å². The van der Waals surface area contributed by atoms with E-state index in [2.05, 4.69) is 61.6 Å². The second-order valence-electron chi connectivity index (χ2n) is 7.65. The van der Waals surface area contributed by atoms with Gasteiger partial charge in [0.2, 0.25) is 0 Å². The Morgan fingerprint density at radius 1 is 0.897 bits per heavy atom. The normalized spacial score (nSPS) is 15.3. The molecule has 0 spiro atoms. The van der Waals surface area contributed by atoms with E-state index in [1.54, 1.807) is 0 Å². The van der Waals surface area contributed by atoms with Crippen LogP contribution in [0.15, 0.2) is 65.3 Å². The van der Waals surface area contributed by atoms with Crippen molar-refractivity contribution in [3.05, 3.63) is 88.2 Å². The summed E-state index contributed by atoms with van der Waals surface area (Å²) in [5.74, 6) is -0.0926. The third-order valence-corrected chi connectivity index (χ3v) is 5.43. The molecule has 2 aromatic carbocycles. The summed E-state index contributed by atoms with van der Waals surface area (Å²) in [5.41, 5.74) is 9.09. The Bertz CT molecular complexity index is 1170. The summed E-state index contributed by atoms with van der Waals surface area (Å²) in [5, 5.41) is 5.96. The molecule has 4 heteroatoms. The highest BCUT2D eigenvalue weighted by molar-refractivity contribution is 6.32. The van der Waals surface area contributed by atoms with E-state index >= 15 is 0 Å². The van der Waals surface area contributed by atoms with Gasteiger partial charge in [0.15, 0.2) is 0 Å². The topological polar surface area (TPSA) is 37.6 Å². The van der Waals surface area contributed by atoms with Crippen molar-refractivity contribution in [2.24, 2.45) is 5.10 Å². The number of amides is 1. The first-order valence-electron chi connectivity index (χ1n) is 9.80. The Balaban J connectivity index is 1.74. The van der Waals surface area contributed by atoms with Gasteiger partial charge in [0.25, 0.3) is 5.91 Å². The Hall–Kier alpha value is -3.40. The van der Waals surface area contributed by atoms with E-state index in [4.69, 9.17) is 0 Å². The van der Waals surface area contributed by atoms with Gasteiger partial charge in [-0.1, -0.05) is 35.9 Å². The lowest BCUT2D eigenvalue weighted by molar-refractivity contribution is -0.114. The standard InChI is InChI=1S/C25H25N3O/c1-16-11-12-24(17(2)13-16)27-18(3)14-21(20(27)5)15-23-19(4)26-28(25(23)29)22-9-7-6-8-10-22/h6-15H,1-5H3/b23-15+. The van der Waals surface area contributed by atoms with Crippen molar-refractivity contribution < 1.29 is 4.79 Å². The van der Waals surface area contributed by atoms with Crippen molar-refractivity contribution in [2.75, 3.05) is 5.01 Å². The number of hydrogen-bond donors (Lipinski definition) is 0. The summed E-state index contributed by atoms with van der Waals surface area (Å²) in [7, 11) is 0. The van der Waals surface area contributed by atoms with Gasteiger partial charge >= 0.3 is 0 Å². The molecule has 3 aromatic rings. The lowest BCUT2D eigenvalue weighted by Crippen LogP contribution is -2.21. The van der Waals surface area contributed by atoms with Crippen molar-refractivity contribution in [1.29, 1.82) is 0 Å². The van der Waals surface area contributed by atoms with Crippen LogP contribution in [0.5, 0.6) is 0 Å². The summed E-state index contributed by atoms with van der Waals surface area (Å²) < 4.78 is 2.25. The molecule has 4 rings (SSSR count). The van der Waals surface area contributed by atoms with Gasteiger partial charge in [0, 0.05) is 17.1 Å². The molecule has 0 fully saturated rings. The second-order valence-corrected chi connectivity index (χ2v) is 7.65. The Morgan fingerprint density at radius 2 is 1.62 bits per heavy atom. The molecule has 0 atom stereocenters. The molecule has 0 aliphatic carbocycles. The molecule has 29 heavy (non-hydrogen) atoms. The van der Waals surface area contributed by atoms with Crippen molar-refractivity contribution in [1.82, 2.24) is 4.57 Å². The molecule has 0 unspecified atom stereocenters. The fourth-order valence-electron chi connectivity index (χ4n) is 3.94. The Labute approximate surface area is 171 Å². The number of aromatic nitrogens is 1. The summed E-state index contributed by atoms with van der Waals surface area (Å²) in [4.78, 5) is 13.0. The number of hydrogen-bond acceptors (Lipinski definition) is 2. The van der Waals surface area contributed by atoms with Crippen LogP contribution in [0.4, 0.5) is 5.69 Å². The number of hydrazone groups is 1. The van der Waals surface area contributed by atoms with Crippen LogP contribution in [-0.4, -0.2) is 16.2 Å². The zero-order valence-corrected chi connectivity index (χ0v) is 17.5. The van der Waals surface area contributed by atoms with Crippen molar-refractivity contribution in [3.8, 4) is 5.69 Å². The predicted octanol–water partition coefficient (Wildman–Crippen LogP) is 5.52. The third-order valence-electron chi connectivity index (χ3n) is 5.43. The zero-order chi connectivity index (χ0) is 20.7. The molecule has 0 radical (unpaired) electrons. The fourth-order valence-corrected chi connectivity index (χ4v) is 3.94. The lowest BCUT2D eigenvalue weighted by atomic mass is 10.1. The highest BCUT2D eigenvalue weighted by Gasteiger charge is 2.29. The molecule has 0 N–H and O–H groups in total. The fraction of sp³-hybridized carbons (Fsp3) is 0.200. The van der Waals surface area contributed by atoms with Crippen molar-refractivity contribution in [3.63, 3.8) is 0 Å². The Morgan fingerprint density at radius 3 is 2.31 bits per heavy atom. The minimum Gasteiger partial charge on any atom is -0.318 e. The van der Waals surface area contributed by atoms with Gasteiger partial charge < -0.3 is 4.57 Å². The first-order valence-corrected chi connectivity index (χ1v) is 9.80. The molecule has 1 aromatic heterocycles. The van der Waals surface area contributed by atoms with Crippen LogP contribution in [0.1, 0.15) is 35.0 Å². The summed E-state index contributed by atoms with van der Waals surface area (Å²) in [6, 6.07) is 18.2. The van der Waals surface area contributed by atoms with Crippen molar-refractivity contribution >= 4 is 23.4 Å². The van der Waals surface area contributed by atoms with E-state index in [0.717, 1.165) is 28.4 Å². The van der Waals surface area contributed by atoms with E-state index < -0.39 is 0 Å². The minimum atomic E-state index is -0.0926. The molecule has 2 heterocycles. The van der Waals surface area contributed by atoms with Gasteiger partial charge in [-0.3, -0.25) is 4.79 Å². The first-order chi connectivity index (χ1) is 13.9. The second kappa shape index (κ2) is 7.21. The van der Waals surface area contributed by atoms with Crippen LogP contribution < -0.4 is 5.01 Å². The molecule has 146 valence electrons. The van der Waals surface area contributed by atoms with Gasteiger partial charge in [0.1, 0.15) is 0 Å². The molecule has 1 aliphatic rings. The van der Waals surface area contributed by atoms with Crippen LogP contribution >= 0.6 is 0 Å². The maximum absolute atomic E-state index is 13.0. The Kier molecular flexibility index (Phi) is 4.71. The van der Waals surface area contributed by atoms with Gasteiger partial charge in [-0.2, -0.15) is 10.1 Å². The van der Waals surface area contributed by atoms with Crippen molar-refractivity contribution in [2.45, 2.75) is 34.6 Å². The summed E-state index contributed by atoms with van der Waals surface area (Å²) in [6.45, 7) is 10.3. The summed E-state index contributed by atoms with van der Waals surface area (Å²) >= 11 is 0. The van der Waals surface area contributed by atoms with E-state index in [9.17, 15) is 4.79 Å². The van der Waals surface area contributed by atoms with Crippen LogP contribution in [0.3, 0.4) is 0 Å². The quantitative estimate of drug-likeness (QED) is 0.549. The zero-order valence-electron chi connectivity index (χ0n) is 17.5. The molecule has 1 amide bonds. The molecule has 1 aliphatic heterocycles. The van der Waals surface area contributed by atoms with Gasteiger partial charge in [-0.05, 0) is 76.1 Å². The maximum atomic E-state index is 13.0. The van der Waals surface area contributed by atoms with Crippen LogP contribution in [-0.2, 0) is 4.79 Å². The average molecular weight is 383 g/mol. The number of carbonyl (C=O) groups excluding carboxylic acids is 1. The SMILES string of the molecule is CC1=NN(c2ccccc2)C(=O)/C1=C/c1cc(C)n(-c2ccc(C)cc2C)c1C. The number of carbonyl (C=O) groups is 1. The van der Waals surface area contributed by atoms with Gasteiger partial charge in [-0.15, -0.1) is 0 Å².